The van der Waals surface area contributed by atoms with E-state index in [9.17, 15) is 28.0 Å². The fourth-order valence-electron chi connectivity index (χ4n) is 3.75. The molecule has 2 N–H and O–H groups in total. The first-order valence-electron chi connectivity index (χ1n) is 10.1. The van der Waals surface area contributed by atoms with Gasteiger partial charge in [0.05, 0.1) is 17.2 Å². The van der Waals surface area contributed by atoms with E-state index < -0.39 is 24.0 Å². The largest absolute Gasteiger partial charge is 0.393 e. The molecule has 0 aliphatic carbocycles. The van der Waals surface area contributed by atoms with Crippen LogP contribution in [0.15, 0.2) is 23.2 Å². The first-order valence-corrected chi connectivity index (χ1v) is 10.1. The Balaban J connectivity index is 2.36. The van der Waals surface area contributed by atoms with Gasteiger partial charge in [-0.05, 0) is 32.2 Å². The first kappa shape index (κ1) is 24.9. The molecular weight excluding hydrogens is 423 g/mol. The minimum atomic E-state index is -4.45. The van der Waals surface area contributed by atoms with Crippen LogP contribution in [0.5, 0.6) is 0 Å². The molecule has 1 heterocycles. The summed E-state index contributed by atoms with van der Waals surface area (Å²) in [5, 5.41) is 14.4. The van der Waals surface area contributed by atoms with Crippen molar-refractivity contribution >= 4 is 36.0 Å². The summed E-state index contributed by atoms with van der Waals surface area (Å²) in [4.78, 5) is 29.0. The molecular formula is C22H26F3N5O2. The number of nitriles is 1. The van der Waals surface area contributed by atoms with Crippen molar-refractivity contribution in [2.45, 2.75) is 38.4 Å². The van der Waals surface area contributed by atoms with Crippen LogP contribution in [0.25, 0.3) is 6.08 Å². The maximum Gasteiger partial charge on any atom is 0.393 e. The number of benzene rings is 1. The molecule has 7 nitrogen and oxygen atoms in total. The summed E-state index contributed by atoms with van der Waals surface area (Å²) in [6, 6.07) is 4.34. The van der Waals surface area contributed by atoms with Crippen LogP contribution in [0.4, 0.5) is 24.5 Å². The van der Waals surface area contributed by atoms with Gasteiger partial charge in [0.15, 0.2) is 0 Å². The zero-order chi connectivity index (χ0) is 23.9. The molecule has 0 aromatic heterocycles. The normalized spacial score (nSPS) is 18.8. The lowest BCUT2D eigenvalue weighted by molar-refractivity contribution is -0.178. The van der Waals surface area contributed by atoms with Crippen molar-refractivity contribution in [1.82, 2.24) is 10.6 Å². The Morgan fingerprint density at radius 2 is 2.00 bits per heavy atom. The number of piperidine rings is 1. The van der Waals surface area contributed by atoms with E-state index in [2.05, 4.69) is 22.3 Å². The van der Waals surface area contributed by atoms with Crippen molar-refractivity contribution < 1.29 is 22.8 Å². The van der Waals surface area contributed by atoms with Crippen molar-refractivity contribution in [3.63, 3.8) is 0 Å². The van der Waals surface area contributed by atoms with Crippen LogP contribution in [0, 0.1) is 17.2 Å². The number of alkyl halides is 3. The van der Waals surface area contributed by atoms with Gasteiger partial charge in [0.25, 0.3) is 0 Å². The lowest BCUT2D eigenvalue weighted by Crippen LogP contribution is -2.54. The first-order chi connectivity index (χ1) is 15.1. The van der Waals surface area contributed by atoms with E-state index in [0.29, 0.717) is 16.9 Å². The fourth-order valence-corrected chi connectivity index (χ4v) is 3.75. The molecule has 172 valence electrons. The molecule has 2 rings (SSSR count). The predicted octanol–water partition coefficient (Wildman–Crippen LogP) is 3.32. The van der Waals surface area contributed by atoms with Gasteiger partial charge in [-0.2, -0.15) is 18.4 Å². The quantitative estimate of drug-likeness (QED) is 0.624. The summed E-state index contributed by atoms with van der Waals surface area (Å²) in [5.74, 6) is -2.46. The summed E-state index contributed by atoms with van der Waals surface area (Å²) in [7, 11) is 1.44. The molecule has 1 saturated heterocycles. The van der Waals surface area contributed by atoms with Gasteiger partial charge in [-0.25, -0.2) is 0 Å². The predicted molar refractivity (Wildman–Crippen MR) is 117 cm³/mol. The lowest BCUT2D eigenvalue weighted by Gasteiger charge is -2.40. The number of aliphatic imine (C=N–C) groups is 1. The van der Waals surface area contributed by atoms with Crippen LogP contribution in [0.3, 0.4) is 0 Å². The van der Waals surface area contributed by atoms with Gasteiger partial charge in [0.1, 0.15) is 6.07 Å². The van der Waals surface area contributed by atoms with Crippen LogP contribution in [0.1, 0.15) is 37.3 Å². The smallest absolute Gasteiger partial charge is 0.368 e. The average molecular weight is 449 g/mol. The standard InChI is InChI=1S/C22H26F3N5O2/c1-4-5-17-18(7-6-14(11-26)21(17)28-3)30-12-15(22(23,24)25)10-16(13-30)29-20(32)9-8-19(31)27-2/h4-7,15-16H,3,8-10,12-13H2,1-2H3,(H,27,31)(H,29,32)/b5-4-. The number of rotatable bonds is 7. The third-order valence-corrected chi connectivity index (χ3v) is 5.28. The van der Waals surface area contributed by atoms with Crippen molar-refractivity contribution in [3.8, 4) is 6.07 Å². The Morgan fingerprint density at radius 1 is 1.31 bits per heavy atom. The van der Waals surface area contributed by atoms with E-state index in [1.54, 1.807) is 30.0 Å². The maximum absolute atomic E-state index is 13.7. The molecule has 1 fully saturated rings. The number of carbonyl (C=O) groups excluding carboxylic acids is 2. The Bertz CT molecular complexity index is 937. The fraction of sp³-hybridized carbons (Fsp3) is 0.455. The van der Waals surface area contributed by atoms with Crippen molar-refractivity contribution in [2.24, 2.45) is 10.9 Å². The molecule has 2 unspecified atom stereocenters. The number of hydrogen-bond donors (Lipinski definition) is 2. The van der Waals surface area contributed by atoms with Crippen molar-refractivity contribution in [1.29, 1.82) is 5.26 Å². The molecule has 1 aromatic rings. The van der Waals surface area contributed by atoms with E-state index in [4.69, 9.17) is 0 Å². The molecule has 1 aliphatic rings. The van der Waals surface area contributed by atoms with Gasteiger partial charge >= 0.3 is 6.18 Å². The molecule has 0 spiro atoms. The topological polar surface area (TPSA) is 97.6 Å². The number of nitrogens with one attached hydrogen (secondary N) is 2. The van der Waals surface area contributed by atoms with E-state index in [0.717, 1.165) is 0 Å². The van der Waals surface area contributed by atoms with E-state index in [1.165, 1.54) is 13.1 Å². The van der Waals surface area contributed by atoms with Crippen molar-refractivity contribution in [3.05, 3.63) is 29.3 Å². The molecule has 2 atom stereocenters. The number of halogens is 3. The van der Waals surface area contributed by atoms with E-state index in [-0.39, 0.29) is 43.8 Å². The molecule has 10 heteroatoms. The van der Waals surface area contributed by atoms with E-state index >= 15 is 0 Å². The summed E-state index contributed by atoms with van der Waals surface area (Å²) in [6.45, 7) is 5.10. The lowest BCUT2D eigenvalue weighted by atomic mass is 9.92. The van der Waals surface area contributed by atoms with Gasteiger partial charge < -0.3 is 15.5 Å². The second kappa shape index (κ2) is 10.8. The highest BCUT2D eigenvalue weighted by molar-refractivity contribution is 5.84. The van der Waals surface area contributed by atoms with Gasteiger partial charge in [-0.15, -0.1) is 0 Å². The molecule has 0 saturated carbocycles. The van der Waals surface area contributed by atoms with Gasteiger partial charge in [-0.3, -0.25) is 14.6 Å². The van der Waals surface area contributed by atoms with Crippen LogP contribution in [0.2, 0.25) is 0 Å². The molecule has 2 amide bonds. The highest BCUT2D eigenvalue weighted by Crippen LogP contribution is 2.39. The molecule has 0 radical (unpaired) electrons. The highest BCUT2D eigenvalue weighted by atomic mass is 19.4. The minimum absolute atomic E-state index is 0.0447. The number of allylic oxidation sites excluding steroid dienone is 1. The third kappa shape index (κ3) is 6.09. The Hall–Kier alpha value is -3.35. The SMILES string of the molecule is C=Nc1c(C#N)ccc(N2CC(NC(=O)CCC(=O)NC)CC(C(F)(F)F)C2)c1/C=C\C. The molecule has 32 heavy (non-hydrogen) atoms. The second-order valence-electron chi connectivity index (χ2n) is 7.48. The zero-order valence-corrected chi connectivity index (χ0v) is 18.0. The van der Waals surface area contributed by atoms with Crippen LogP contribution in [-0.4, -0.2) is 50.9 Å². The Morgan fingerprint density at radius 3 is 2.56 bits per heavy atom. The maximum atomic E-state index is 13.7. The summed E-state index contributed by atoms with van der Waals surface area (Å²) in [5.41, 5.74) is 1.53. The number of nitrogens with zero attached hydrogens (tertiary/aromatic N) is 3. The number of anilines is 1. The summed E-state index contributed by atoms with van der Waals surface area (Å²) >= 11 is 0. The van der Waals surface area contributed by atoms with Gasteiger partial charge in [0.2, 0.25) is 11.8 Å². The van der Waals surface area contributed by atoms with E-state index in [1.807, 2.05) is 6.07 Å². The summed E-state index contributed by atoms with van der Waals surface area (Å²) in [6.07, 6.45) is -1.48. The Kier molecular flexibility index (Phi) is 8.41. The van der Waals surface area contributed by atoms with Gasteiger partial charge in [0, 0.05) is 50.3 Å². The molecule has 0 bridgehead atoms. The zero-order valence-electron chi connectivity index (χ0n) is 18.0. The molecule has 1 aromatic carbocycles. The average Bonchev–Trinajstić information content (AvgIpc) is 2.76. The summed E-state index contributed by atoms with van der Waals surface area (Å²) < 4.78 is 41.0. The van der Waals surface area contributed by atoms with Crippen LogP contribution in [-0.2, 0) is 9.59 Å². The number of hydrogen-bond acceptors (Lipinski definition) is 5. The Labute approximate surface area is 185 Å². The monoisotopic (exact) mass is 449 g/mol. The highest BCUT2D eigenvalue weighted by Gasteiger charge is 2.45. The second-order valence-corrected chi connectivity index (χ2v) is 7.48. The van der Waals surface area contributed by atoms with Crippen LogP contribution >= 0.6 is 0 Å². The number of amides is 2. The molecule has 1 aliphatic heterocycles. The third-order valence-electron chi connectivity index (χ3n) is 5.28. The van der Waals surface area contributed by atoms with Gasteiger partial charge in [-0.1, -0.05) is 12.2 Å². The number of carbonyl (C=O) groups is 2. The minimum Gasteiger partial charge on any atom is -0.368 e. The van der Waals surface area contributed by atoms with Crippen LogP contribution < -0.4 is 15.5 Å². The van der Waals surface area contributed by atoms with Crippen molar-refractivity contribution in [2.75, 3.05) is 25.0 Å².